The van der Waals surface area contributed by atoms with Crippen LogP contribution in [0.3, 0.4) is 0 Å². The third-order valence-corrected chi connectivity index (χ3v) is 9.00. The molecule has 1 aromatic heterocycles. The van der Waals surface area contributed by atoms with Gasteiger partial charge in [-0.25, -0.2) is 13.4 Å². The zero-order valence-electron chi connectivity index (χ0n) is 20.1. The van der Waals surface area contributed by atoms with E-state index in [-0.39, 0.29) is 50.8 Å². The van der Waals surface area contributed by atoms with Crippen molar-refractivity contribution < 1.29 is 22.7 Å². The average molecular weight is 597 g/mol. The normalized spacial score (nSPS) is 18.1. The Hall–Kier alpha value is -2.40. The molecule has 0 amide bonds. The maximum Gasteiger partial charge on any atom is 0.264 e. The minimum absolute atomic E-state index is 0.0484. The zero-order valence-corrected chi connectivity index (χ0v) is 23.2. The molecule has 0 N–H and O–H groups in total. The predicted octanol–water partition coefficient (Wildman–Crippen LogP) is 4.76. The summed E-state index contributed by atoms with van der Waals surface area (Å²) in [5.41, 5.74) is 0.948. The molecule has 0 unspecified atom stereocenters. The standard InChI is InChI=1S/C26H24Cl3N3O5S/c27-18-3-1-4-20(13-18)38(34,35)32-16-19(15-31-7-9-36-10-8-31)37-26-23(32)11-17(14-30-26)12-24(33)25-21(28)5-2-6-22(25)29/h1-6,11,13-14,19H,7-10,12,15-16H2/t19-/m0/s1. The summed E-state index contributed by atoms with van der Waals surface area (Å²) in [4.78, 5) is 19.7. The molecule has 0 saturated carbocycles. The fourth-order valence-electron chi connectivity index (χ4n) is 4.51. The number of pyridine rings is 1. The number of sulfonamides is 1. The number of benzene rings is 2. The third kappa shape index (κ3) is 5.78. The van der Waals surface area contributed by atoms with Crippen molar-refractivity contribution in [3.63, 3.8) is 0 Å². The molecule has 3 heterocycles. The number of nitrogens with zero attached hydrogens (tertiary/aromatic N) is 3. The number of aromatic nitrogens is 1. The van der Waals surface area contributed by atoms with E-state index in [0.717, 1.165) is 13.1 Å². The number of Topliss-reactive ketones (excluding diaryl/α,β-unsaturated/α-hetero) is 1. The topological polar surface area (TPSA) is 89.0 Å². The number of ether oxygens (including phenoxy) is 2. The van der Waals surface area contributed by atoms with Crippen molar-refractivity contribution in [1.82, 2.24) is 9.88 Å². The first-order chi connectivity index (χ1) is 18.2. The van der Waals surface area contributed by atoms with Crippen molar-refractivity contribution in [2.24, 2.45) is 0 Å². The second kappa shape index (κ2) is 11.4. The van der Waals surface area contributed by atoms with E-state index in [1.54, 1.807) is 36.4 Å². The van der Waals surface area contributed by atoms with Gasteiger partial charge in [0.1, 0.15) is 11.8 Å². The van der Waals surface area contributed by atoms with Crippen LogP contribution in [0, 0.1) is 0 Å². The number of rotatable bonds is 7. The summed E-state index contributed by atoms with van der Waals surface area (Å²) in [6.07, 6.45) is 0.964. The van der Waals surface area contributed by atoms with Gasteiger partial charge < -0.3 is 9.47 Å². The molecule has 3 aromatic rings. The fraction of sp³-hybridized carbons (Fsp3) is 0.308. The molecule has 1 atom stereocenters. The van der Waals surface area contributed by atoms with E-state index in [1.165, 1.54) is 22.6 Å². The highest BCUT2D eigenvalue weighted by Crippen LogP contribution is 2.37. The summed E-state index contributed by atoms with van der Waals surface area (Å²) < 4.78 is 40.5. The molecular formula is C26H24Cl3N3O5S. The summed E-state index contributed by atoms with van der Waals surface area (Å²) in [7, 11) is -4.02. The van der Waals surface area contributed by atoms with Crippen LogP contribution in [0.1, 0.15) is 15.9 Å². The minimum Gasteiger partial charge on any atom is -0.470 e. The van der Waals surface area contributed by atoms with E-state index in [9.17, 15) is 13.2 Å². The summed E-state index contributed by atoms with van der Waals surface area (Å²) >= 11 is 18.5. The number of hydrogen-bond donors (Lipinski definition) is 0. The van der Waals surface area contributed by atoms with E-state index in [0.29, 0.717) is 30.3 Å². The molecule has 12 heteroatoms. The second-order valence-corrected chi connectivity index (χ2v) is 12.1. The molecule has 2 aliphatic rings. The molecule has 0 aliphatic carbocycles. The first-order valence-corrected chi connectivity index (χ1v) is 14.5. The maximum atomic E-state index is 13.8. The lowest BCUT2D eigenvalue weighted by atomic mass is 10.0. The Morgan fingerprint density at radius 1 is 1.03 bits per heavy atom. The maximum absolute atomic E-state index is 13.8. The van der Waals surface area contributed by atoms with E-state index >= 15 is 0 Å². The molecule has 5 rings (SSSR count). The van der Waals surface area contributed by atoms with Gasteiger partial charge in [-0.1, -0.05) is 46.9 Å². The first-order valence-electron chi connectivity index (χ1n) is 11.9. The van der Waals surface area contributed by atoms with Gasteiger partial charge in [-0.05, 0) is 42.0 Å². The van der Waals surface area contributed by atoms with E-state index < -0.39 is 16.1 Å². The van der Waals surface area contributed by atoms with Gasteiger partial charge in [0.05, 0.1) is 40.3 Å². The van der Waals surface area contributed by atoms with Crippen molar-refractivity contribution in [3.05, 3.63) is 80.9 Å². The van der Waals surface area contributed by atoms with Crippen LogP contribution in [-0.2, 0) is 21.2 Å². The van der Waals surface area contributed by atoms with Gasteiger partial charge in [-0.2, -0.15) is 0 Å². The molecule has 2 aliphatic heterocycles. The van der Waals surface area contributed by atoms with Gasteiger partial charge >= 0.3 is 0 Å². The van der Waals surface area contributed by atoms with Crippen LogP contribution in [0.4, 0.5) is 5.69 Å². The predicted molar refractivity (Wildman–Crippen MR) is 146 cm³/mol. The van der Waals surface area contributed by atoms with Crippen LogP contribution in [0.25, 0.3) is 0 Å². The van der Waals surface area contributed by atoms with Crippen LogP contribution in [0.5, 0.6) is 5.88 Å². The van der Waals surface area contributed by atoms with Crippen LogP contribution in [0.2, 0.25) is 15.1 Å². The molecule has 38 heavy (non-hydrogen) atoms. The van der Waals surface area contributed by atoms with Gasteiger partial charge in [-0.15, -0.1) is 0 Å². The van der Waals surface area contributed by atoms with Crippen molar-refractivity contribution in [2.75, 3.05) is 43.7 Å². The number of morpholine rings is 1. The van der Waals surface area contributed by atoms with E-state index in [4.69, 9.17) is 44.3 Å². The second-order valence-electron chi connectivity index (χ2n) is 9.01. The lowest BCUT2D eigenvalue weighted by Gasteiger charge is -2.37. The summed E-state index contributed by atoms with van der Waals surface area (Å²) in [6.45, 7) is 3.25. The Morgan fingerprint density at radius 2 is 1.74 bits per heavy atom. The van der Waals surface area contributed by atoms with Crippen LogP contribution in [0.15, 0.2) is 59.6 Å². The molecule has 1 fully saturated rings. The van der Waals surface area contributed by atoms with Crippen molar-refractivity contribution >= 4 is 56.3 Å². The van der Waals surface area contributed by atoms with Gasteiger partial charge in [0.2, 0.25) is 5.88 Å². The summed E-state index contributed by atoms with van der Waals surface area (Å²) in [5.74, 6) is -0.138. The largest absolute Gasteiger partial charge is 0.470 e. The molecule has 0 spiro atoms. The highest BCUT2D eigenvalue weighted by Gasteiger charge is 2.37. The highest BCUT2D eigenvalue weighted by atomic mass is 35.5. The molecule has 0 bridgehead atoms. The number of anilines is 1. The Kier molecular flexibility index (Phi) is 8.14. The van der Waals surface area contributed by atoms with Crippen LogP contribution < -0.4 is 9.04 Å². The lowest BCUT2D eigenvalue weighted by Crippen LogP contribution is -2.50. The van der Waals surface area contributed by atoms with Crippen LogP contribution in [-0.4, -0.2) is 69.6 Å². The minimum atomic E-state index is -4.02. The van der Waals surface area contributed by atoms with Gasteiger partial charge in [0.15, 0.2) is 5.78 Å². The highest BCUT2D eigenvalue weighted by molar-refractivity contribution is 7.92. The van der Waals surface area contributed by atoms with Gasteiger partial charge in [-0.3, -0.25) is 14.0 Å². The fourth-order valence-corrected chi connectivity index (χ4v) is 6.91. The van der Waals surface area contributed by atoms with E-state index in [1.807, 2.05) is 0 Å². The average Bonchev–Trinajstić information content (AvgIpc) is 2.89. The molecular weight excluding hydrogens is 573 g/mol. The SMILES string of the molecule is O=C(Cc1cnc2c(c1)N(S(=O)(=O)c1cccc(Cl)c1)C[C@H](CN1CCOCC1)O2)c1c(Cl)cccc1Cl. The number of carbonyl (C=O) groups is 1. The van der Waals surface area contributed by atoms with Crippen molar-refractivity contribution in [1.29, 1.82) is 0 Å². The van der Waals surface area contributed by atoms with Crippen LogP contribution >= 0.6 is 34.8 Å². The molecule has 0 radical (unpaired) electrons. The quantitative estimate of drug-likeness (QED) is 0.364. The summed E-state index contributed by atoms with van der Waals surface area (Å²) in [5, 5.41) is 0.791. The monoisotopic (exact) mass is 595 g/mol. The van der Waals surface area contributed by atoms with Gasteiger partial charge in [0, 0.05) is 37.3 Å². The number of carbonyl (C=O) groups excluding carboxylic acids is 1. The first kappa shape index (κ1) is 27.2. The number of hydrogen-bond acceptors (Lipinski definition) is 7. The molecule has 200 valence electrons. The van der Waals surface area contributed by atoms with Crippen molar-refractivity contribution in [2.45, 2.75) is 17.4 Å². The number of ketones is 1. The Morgan fingerprint density at radius 3 is 2.45 bits per heavy atom. The molecule has 8 nitrogen and oxygen atoms in total. The lowest BCUT2D eigenvalue weighted by molar-refractivity contribution is 0.0190. The van der Waals surface area contributed by atoms with E-state index in [2.05, 4.69) is 9.88 Å². The zero-order chi connectivity index (χ0) is 26.9. The van der Waals surface area contributed by atoms with Gasteiger partial charge in [0.25, 0.3) is 10.0 Å². The number of halogens is 3. The molecule has 2 aromatic carbocycles. The Balaban J connectivity index is 1.49. The Bertz CT molecular complexity index is 1440. The summed E-state index contributed by atoms with van der Waals surface area (Å²) in [6, 6.07) is 12.5. The molecule has 1 saturated heterocycles. The third-order valence-electron chi connectivity index (χ3n) is 6.36. The van der Waals surface area contributed by atoms with Crippen molar-refractivity contribution in [3.8, 4) is 5.88 Å². The number of fused-ring (bicyclic) bond motifs is 1. The Labute approximate surface area is 236 Å². The smallest absolute Gasteiger partial charge is 0.264 e.